The van der Waals surface area contributed by atoms with Crippen molar-refractivity contribution in [3.63, 3.8) is 0 Å². The van der Waals surface area contributed by atoms with Crippen molar-refractivity contribution < 1.29 is 29.6 Å². The summed E-state index contributed by atoms with van der Waals surface area (Å²) in [5.74, 6) is 0.590. The molecule has 0 radical (unpaired) electrons. The molecule has 0 amide bonds. The monoisotopic (exact) mass is 372 g/mol. The molecule has 1 aromatic rings. The Morgan fingerprint density at radius 2 is 1.64 bits per heavy atom. The minimum Gasteiger partial charge on any atom is -0.495 e. The van der Waals surface area contributed by atoms with Gasteiger partial charge in [-0.15, -0.1) is 0 Å². The van der Waals surface area contributed by atoms with Crippen LogP contribution >= 0.6 is 11.6 Å². The fraction of sp³-hybridized carbons (Fsp3) is 0.556. The summed E-state index contributed by atoms with van der Waals surface area (Å²) in [6.07, 6.45) is 0.934. The van der Waals surface area contributed by atoms with Crippen LogP contribution in [0.1, 0.15) is 37.7 Å². The number of carbonyl (C=O) groups excluding carboxylic acids is 2. The second-order valence-electron chi connectivity index (χ2n) is 6.54. The van der Waals surface area contributed by atoms with E-state index < -0.39 is 5.41 Å². The summed E-state index contributed by atoms with van der Waals surface area (Å²) in [5, 5.41) is 25.9. The summed E-state index contributed by atoms with van der Waals surface area (Å²) < 4.78 is 5.06. The Hall–Kier alpha value is -1.47. The van der Waals surface area contributed by atoms with Crippen LogP contribution < -0.4 is 4.74 Å². The Balaban J connectivity index is 0.000000333. The summed E-state index contributed by atoms with van der Waals surface area (Å²) >= 11 is 6.03. The van der Waals surface area contributed by atoms with E-state index in [2.05, 4.69) is 0 Å². The third kappa shape index (κ3) is 6.40. The molecule has 6 nitrogen and oxygen atoms in total. The number of hydrogen-bond acceptors (Lipinski definition) is 6. The van der Waals surface area contributed by atoms with Gasteiger partial charge in [0.2, 0.25) is 0 Å². The summed E-state index contributed by atoms with van der Waals surface area (Å²) in [4.78, 5) is 22.8. The van der Waals surface area contributed by atoms with Gasteiger partial charge in [-0.3, -0.25) is 9.59 Å². The molecule has 0 atom stereocenters. The average molecular weight is 373 g/mol. The van der Waals surface area contributed by atoms with Gasteiger partial charge in [-0.05, 0) is 23.6 Å². The quantitative estimate of drug-likeness (QED) is 0.680. The fourth-order valence-corrected chi connectivity index (χ4v) is 2.57. The van der Waals surface area contributed by atoms with Crippen molar-refractivity contribution in [2.45, 2.75) is 32.1 Å². The topological polar surface area (TPSA) is 104 Å². The molecule has 0 unspecified atom stereocenters. The van der Waals surface area contributed by atoms with E-state index in [-0.39, 0.29) is 43.7 Å². The normalized spacial score (nSPS) is 15.6. The van der Waals surface area contributed by atoms with Crippen molar-refractivity contribution in [3.05, 3.63) is 28.8 Å². The van der Waals surface area contributed by atoms with E-state index in [0.717, 1.165) is 5.56 Å². The Morgan fingerprint density at radius 1 is 1.12 bits per heavy atom. The first-order valence-corrected chi connectivity index (χ1v) is 8.35. The molecule has 1 aliphatic rings. The number of benzene rings is 1. The molecule has 0 aliphatic heterocycles. The molecule has 1 aliphatic carbocycles. The smallest absolute Gasteiger partial charge is 0.140 e. The van der Waals surface area contributed by atoms with E-state index in [1.807, 2.05) is 6.07 Å². The van der Waals surface area contributed by atoms with Crippen molar-refractivity contribution in [1.82, 2.24) is 0 Å². The molecule has 3 N–H and O–H groups in total. The van der Waals surface area contributed by atoms with Crippen LogP contribution in [0.4, 0.5) is 0 Å². The van der Waals surface area contributed by atoms with Gasteiger partial charge in [-0.25, -0.2) is 0 Å². The lowest BCUT2D eigenvalue weighted by atomic mass is 9.83. The number of Topliss-reactive ketones (excluding diaryl/α,β-unsaturated/α-hetero) is 2. The van der Waals surface area contributed by atoms with Crippen molar-refractivity contribution in [2.24, 2.45) is 5.41 Å². The molecular formula is C18H25ClO6. The molecule has 7 heteroatoms. The number of rotatable bonds is 5. The van der Waals surface area contributed by atoms with Crippen LogP contribution in [0, 0.1) is 5.41 Å². The van der Waals surface area contributed by atoms with Crippen LogP contribution in [0.5, 0.6) is 5.75 Å². The van der Waals surface area contributed by atoms with Gasteiger partial charge in [0.15, 0.2) is 0 Å². The highest BCUT2D eigenvalue weighted by atomic mass is 35.5. The lowest BCUT2D eigenvalue weighted by Crippen LogP contribution is -2.29. The summed E-state index contributed by atoms with van der Waals surface area (Å²) in [7, 11) is 1.55. The van der Waals surface area contributed by atoms with Crippen LogP contribution in [0.3, 0.4) is 0 Å². The predicted octanol–water partition coefficient (Wildman–Crippen LogP) is 1.72. The highest BCUT2D eigenvalue weighted by Gasteiger charge is 2.26. The van der Waals surface area contributed by atoms with Crippen molar-refractivity contribution in [2.75, 3.05) is 26.9 Å². The maximum Gasteiger partial charge on any atom is 0.140 e. The van der Waals surface area contributed by atoms with Gasteiger partial charge in [0, 0.05) is 18.3 Å². The molecule has 140 valence electrons. The van der Waals surface area contributed by atoms with Crippen LogP contribution in [0.15, 0.2) is 18.2 Å². The third-order valence-corrected chi connectivity index (χ3v) is 4.43. The van der Waals surface area contributed by atoms with E-state index in [1.165, 1.54) is 0 Å². The highest BCUT2D eigenvalue weighted by Crippen LogP contribution is 2.33. The van der Waals surface area contributed by atoms with E-state index >= 15 is 0 Å². The van der Waals surface area contributed by atoms with Crippen molar-refractivity contribution in [1.29, 1.82) is 0 Å². The zero-order chi connectivity index (χ0) is 19.0. The Bertz CT molecular complexity index is 573. The van der Waals surface area contributed by atoms with Gasteiger partial charge in [-0.1, -0.05) is 24.6 Å². The first kappa shape index (κ1) is 21.6. The van der Waals surface area contributed by atoms with E-state index in [9.17, 15) is 9.59 Å². The lowest BCUT2D eigenvalue weighted by Gasteiger charge is -2.20. The average Bonchev–Trinajstić information content (AvgIpc) is 2.60. The molecule has 1 aromatic carbocycles. The number of halogens is 1. The first-order chi connectivity index (χ1) is 11.8. The number of ether oxygens (including phenoxy) is 1. The summed E-state index contributed by atoms with van der Waals surface area (Å²) in [6.45, 7) is 1.06. The summed E-state index contributed by atoms with van der Waals surface area (Å²) in [6, 6.07) is 5.40. The van der Waals surface area contributed by atoms with Crippen LogP contribution in [0.25, 0.3) is 0 Å². The van der Waals surface area contributed by atoms with Gasteiger partial charge < -0.3 is 20.1 Å². The van der Waals surface area contributed by atoms with Gasteiger partial charge >= 0.3 is 0 Å². The largest absolute Gasteiger partial charge is 0.495 e. The molecule has 0 heterocycles. The predicted molar refractivity (Wildman–Crippen MR) is 94.0 cm³/mol. The van der Waals surface area contributed by atoms with Crippen LogP contribution in [-0.4, -0.2) is 53.8 Å². The molecule has 0 saturated heterocycles. The number of aliphatic hydroxyl groups excluding tert-OH is 3. The van der Waals surface area contributed by atoms with E-state index in [1.54, 1.807) is 26.2 Å². The first-order valence-electron chi connectivity index (χ1n) is 7.98. The molecule has 2 rings (SSSR count). The van der Waals surface area contributed by atoms with E-state index in [0.29, 0.717) is 23.6 Å². The van der Waals surface area contributed by atoms with Crippen LogP contribution in [0.2, 0.25) is 5.02 Å². The minimum absolute atomic E-state index is 0.0122. The molecule has 1 fully saturated rings. The fourth-order valence-electron chi connectivity index (χ4n) is 2.31. The van der Waals surface area contributed by atoms with Gasteiger partial charge in [0.25, 0.3) is 0 Å². The molecule has 0 bridgehead atoms. The van der Waals surface area contributed by atoms with Crippen LogP contribution in [-0.2, 0) is 9.59 Å². The second-order valence-corrected chi connectivity index (χ2v) is 6.95. The maximum absolute atomic E-state index is 11.4. The zero-order valence-corrected chi connectivity index (χ0v) is 15.3. The highest BCUT2D eigenvalue weighted by molar-refractivity contribution is 6.32. The molecule has 25 heavy (non-hydrogen) atoms. The summed E-state index contributed by atoms with van der Waals surface area (Å²) in [5.41, 5.74) is 0.220. The van der Waals surface area contributed by atoms with Gasteiger partial charge in [0.05, 0.1) is 38.4 Å². The molecule has 0 aromatic heterocycles. The van der Waals surface area contributed by atoms with Crippen molar-refractivity contribution >= 4 is 23.2 Å². The maximum atomic E-state index is 11.4. The third-order valence-electron chi connectivity index (χ3n) is 4.13. The van der Waals surface area contributed by atoms with E-state index in [4.69, 9.17) is 31.7 Å². The van der Waals surface area contributed by atoms with Gasteiger partial charge in [-0.2, -0.15) is 0 Å². The number of carbonyl (C=O) groups is 2. The number of hydrogen-bond donors (Lipinski definition) is 3. The number of aliphatic hydroxyl groups is 3. The molecule has 0 spiro atoms. The zero-order valence-electron chi connectivity index (χ0n) is 14.5. The Labute approximate surface area is 152 Å². The Kier molecular flexibility index (Phi) is 8.52. The SMILES string of the molecule is CC(CO)(CO)CO.COc1ccc(C2CC(=O)CC(=O)C2)cc1Cl. The lowest BCUT2D eigenvalue weighted by molar-refractivity contribution is -0.130. The molecular weight excluding hydrogens is 348 g/mol. The molecule has 1 saturated carbocycles. The van der Waals surface area contributed by atoms with Gasteiger partial charge in [0.1, 0.15) is 17.3 Å². The Morgan fingerprint density at radius 3 is 2.00 bits per heavy atom. The second kappa shape index (κ2) is 9.87. The standard InChI is InChI=1S/C13H13ClO3.C5H12O3/c1-17-13-3-2-8(6-12(13)14)9-4-10(15)7-11(16)5-9;1-5(2-6,3-7)4-8/h2-3,6,9H,4-5,7H2,1H3;6-8H,2-4H2,1H3. The number of ketones is 2. The number of methoxy groups -OCH3 is 1. The minimum atomic E-state index is -0.708. The van der Waals surface area contributed by atoms with Crippen molar-refractivity contribution in [3.8, 4) is 5.75 Å².